The standard InChI is InChI=1S/C10H10Cl/c11-10-7-3-5-8-4-1-2-6-9(8)10/h1-2,4-6,10H,3,7H2. The minimum atomic E-state index is 0.233. The SMILES string of the molecule is ClC1CC[CH]c2ccccc21. The van der Waals surface area contributed by atoms with E-state index >= 15 is 0 Å². The lowest BCUT2D eigenvalue weighted by atomic mass is 9.92. The maximum absolute atomic E-state index is 6.13. The summed E-state index contributed by atoms with van der Waals surface area (Å²) in [6.07, 6.45) is 4.46. The number of alkyl halides is 1. The first kappa shape index (κ1) is 7.17. The minimum Gasteiger partial charge on any atom is -0.118 e. The molecule has 0 spiro atoms. The topological polar surface area (TPSA) is 0 Å². The Morgan fingerprint density at radius 2 is 2.09 bits per heavy atom. The number of hydrogen-bond acceptors (Lipinski definition) is 0. The predicted molar refractivity (Wildman–Crippen MR) is 47.7 cm³/mol. The summed E-state index contributed by atoms with van der Waals surface area (Å²) in [6, 6.07) is 8.35. The molecular weight excluding hydrogens is 156 g/mol. The normalized spacial score (nSPS) is 22.8. The predicted octanol–water partition coefficient (Wildman–Crippen LogP) is 3.31. The Kier molecular flexibility index (Phi) is 1.87. The molecule has 0 saturated heterocycles. The van der Waals surface area contributed by atoms with Crippen LogP contribution in [-0.4, -0.2) is 0 Å². The van der Waals surface area contributed by atoms with Gasteiger partial charge in [0.05, 0.1) is 5.38 Å². The molecule has 0 aromatic heterocycles. The summed E-state index contributed by atoms with van der Waals surface area (Å²) in [5.41, 5.74) is 2.61. The molecule has 0 heterocycles. The number of fused-ring (bicyclic) bond motifs is 1. The Bertz CT molecular complexity index is 255. The number of rotatable bonds is 0. The molecule has 0 saturated carbocycles. The largest absolute Gasteiger partial charge is 0.118 e. The van der Waals surface area contributed by atoms with Gasteiger partial charge in [0.25, 0.3) is 0 Å². The van der Waals surface area contributed by atoms with E-state index in [1.54, 1.807) is 0 Å². The first-order chi connectivity index (χ1) is 5.38. The van der Waals surface area contributed by atoms with Gasteiger partial charge in [-0.1, -0.05) is 24.3 Å². The molecular formula is C10H10Cl. The van der Waals surface area contributed by atoms with Crippen molar-refractivity contribution in [2.75, 3.05) is 0 Å². The van der Waals surface area contributed by atoms with Gasteiger partial charge in [0.15, 0.2) is 0 Å². The second kappa shape index (κ2) is 2.86. The van der Waals surface area contributed by atoms with Crippen LogP contribution in [-0.2, 0) is 0 Å². The Balaban J connectivity index is 2.44. The Hall–Kier alpha value is -0.490. The van der Waals surface area contributed by atoms with E-state index < -0.39 is 0 Å². The van der Waals surface area contributed by atoms with Crippen LogP contribution >= 0.6 is 11.6 Å². The molecule has 0 bridgehead atoms. The Morgan fingerprint density at radius 1 is 1.27 bits per heavy atom. The van der Waals surface area contributed by atoms with Crippen molar-refractivity contribution >= 4 is 11.6 Å². The van der Waals surface area contributed by atoms with Gasteiger partial charge in [0, 0.05) is 0 Å². The van der Waals surface area contributed by atoms with Crippen molar-refractivity contribution in [1.82, 2.24) is 0 Å². The first-order valence-electron chi connectivity index (χ1n) is 3.94. The highest BCUT2D eigenvalue weighted by molar-refractivity contribution is 6.21. The molecule has 1 aliphatic carbocycles. The molecule has 1 aromatic carbocycles. The van der Waals surface area contributed by atoms with E-state index in [0.29, 0.717) is 0 Å². The van der Waals surface area contributed by atoms with Crippen molar-refractivity contribution in [3.05, 3.63) is 41.8 Å². The summed E-state index contributed by atoms with van der Waals surface area (Å²) in [4.78, 5) is 0. The highest BCUT2D eigenvalue weighted by Crippen LogP contribution is 2.34. The van der Waals surface area contributed by atoms with E-state index in [1.165, 1.54) is 11.1 Å². The summed E-state index contributed by atoms with van der Waals surface area (Å²) in [5, 5.41) is 0.233. The average molecular weight is 166 g/mol. The highest BCUT2D eigenvalue weighted by atomic mass is 35.5. The molecule has 0 aliphatic heterocycles. The number of halogens is 1. The molecule has 0 amide bonds. The fourth-order valence-corrected chi connectivity index (χ4v) is 1.85. The highest BCUT2D eigenvalue weighted by Gasteiger charge is 2.16. The maximum Gasteiger partial charge on any atom is 0.0588 e. The number of benzene rings is 1. The molecule has 1 unspecified atom stereocenters. The molecule has 11 heavy (non-hydrogen) atoms. The van der Waals surface area contributed by atoms with Gasteiger partial charge in [0.2, 0.25) is 0 Å². The van der Waals surface area contributed by atoms with Crippen LogP contribution in [0.15, 0.2) is 24.3 Å². The smallest absolute Gasteiger partial charge is 0.0588 e. The van der Waals surface area contributed by atoms with Gasteiger partial charge >= 0.3 is 0 Å². The van der Waals surface area contributed by atoms with Crippen molar-refractivity contribution in [3.63, 3.8) is 0 Å². The lowest BCUT2D eigenvalue weighted by molar-refractivity contribution is 0.750. The van der Waals surface area contributed by atoms with Crippen LogP contribution in [0.1, 0.15) is 29.3 Å². The third-order valence-electron chi connectivity index (χ3n) is 2.12. The third-order valence-corrected chi connectivity index (χ3v) is 2.57. The van der Waals surface area contributed by atoms with Gasteiger partial charge in [-0.25, -0.2) is 0 Å². The summed E-state index contributed by atoms with van der Waals surface area (Å²) in [6.45, 7) is 0. The van der Waals surface area contributed by atoms with E-state index in [-0.39, 0.29) is 5.38 Å². The second-order valence-corrected chi connectivity index (χ2v) is 3.40. The molecule has 0 fully saturated rings. The van der Waals surface area contributed by atoms with Crippen molar-refractivity contribution in [2.24, 2.45) is 0 Å². The van der Waals surface area contributed by atoms with Crippen molar-refractivity contribution < 1.29 is 0 Å². The van der Waals surface area contributed by atoms with Crippen molar-refractivity contribution in [3.8, 4) is 0 Å². The van der Waals surface area contributed by atoms with E-state index in [1.807, 2.05) is 6.07 Å². The molecule has 1 atom stereocenters. The van der Waals surface area contributed by atoms with Crippen molar-refractivity contribution in [2.45, 2.75) is 18.2 Å². The van der Waals surface area contributed by atoms with Crippen LogP contribution in [0.3, 0.4) is 0 Å². The zero-order valence-electron chi connectivity index (χ0n) is 6.26. The van der Waals surface area contributed by atoms with Crippen LogP contribution < -0.4 is 0 Å². The van der Waals surface area contributed by atoms with Gasteiger partial charge in [-0.3, -0.25) is 0 Å². The van der Waals surface area contributed by atoms with Gasteiger partial charge in [-0.15, -0.1) is 11.6 Å². The Morgan fingerprint density at radius 3 is 2.91 bits per heavy atom. The maximum atomic E-state index is 6.13. The zero-order valence-corrected chi connectivity index (χ0v) is 7.01. The summed E-state index contributed by atoms with van der Waals surface area (Å²) in [5.74, 6) is 0. The molecule has 2 rings (SSSR count). The fraction of sp³-hybridized carbons (Fsp3) is 0.300. The molecule has 0 nitrogen and oxygen atoms in total. The van der Waals surface area contributed by atoms with Gasteiger partial charge in [-0.2, -0.15) is 0 Å². The van der Waals surface area contributed by atoms with Crippen LogP contribution in [0.2, 0.25) is 0 Å². The number of hydrogen-bond donors (Lipinski definition) is 0. The fourth-order valence-electron chi connectivity index (χ4n) is 1.52. The molecule has 1 radical (unpaired) electrons. The van der Waals surface area contributed by atoms with Crippen LogP contribution in [0.25, 0.3) is 0 Å². The molecule has 0 N–H and O–H groups in total. The lowest BCUT2D eigenvalue weighted by Crippen LogP contribution is -2.02. The third kappa shape index (κ3) is 1.28. The first-order valence-corrected chi connectivity index (χ1v) is 4.38. The van der Waals surface area contributed by atoms with E-state index in [9.17, 15) is 0 Å². The quantitative estimate of drug-likeness (QED) is 0.518. The van der Waals surface area contributed by atoms with Crippen LogP contribution in [0.4, 0.5) is 0 Å². The lowest BCUT2D eigenvalue weighted by Gasteiger charge is -2.19. The molecule has 1 aromatic rings. The molecule has 57 valence electrons. The summed E-state index contributed by atoms with van der Waals surface area (Å²) >= 11 is 6.13. The minimum absolute atomic E-state index is 0.233. The Labute approximate surface area is 72.2 Å². The molecule has 1 heteroatoms. The van der Waals surface area contributed by atoms with Crippen LogP contribution in [0, 0.1) is 6.42 Å². The van der Waals surface area contributed by atoms with E-state index in [0.717, 1.165) is 12.8 Å². The van der Waals surface area contributed by atoms with Gasteiger partial charge in [0.1, 0.15) is 0 Å². The summed E-state index contributed by atoms with van der Waals surface area (Å²) < 4.78 is 0. The molecule has 1 aliphatic rings. The second-order valence-electron chi connectivity index (χ2n) is 2.88. The van der Waals surface area contributed by atoms with E-state index in [2.05, 4.69) is 24.6 Å². The summed E-state index contributed by atoms with van der Waals surface area (Å²) in [7, 11) is 0. The zero-order chi connectivity index (χ0) is 7.68. The average Bonchev–Trinajstić information content (AvgIpc) is 2.06. The van der Waals surface area contributed by atoms with Crippen LogP contribution in [0.5, 0.6) is 0 Å². The van der Waals surface area contributed by atoms with Crippen molar-refractivity contribution in [1.29, 1.82) is 0 Å². The van der Waals surface area contributed by atoms with Gasteiger partial charge < -0.3 is 0 Å². The monoisotopic (exact) mass is 165 g/mol. The van der Waals surface area contributed by atoms with E-state index in [4.69, 9.17) is 11.6 Å². The van der Waals surface area contributed by atoms with Gasteiger partial charge in [-0.05, 0) is 30.4 Å².